The molecule has 0 aromatic carbocycles. The van der Waals surface area contributed by atoms with Gasteiger partial charge in [0.2, 0.25) is 0 Å². The Kier molecular flexibility index (Phi) is 89.7. The van der Waals surface area contributed by atoms with Crippen molar-refractivity contribution in [2.45, 2.75) is 0 Å². The van der Waals surface area contributed by atoms with Gasteiger partial charge in [-0.05, 0) is 0 Å². The van der Waals surface area contributed by atoms with E-state index in [-0.39, 0.29) is 179 Å². The molecule has 0 rings (SSSR count). The minimum absolute atomic E-state index is 0. The first-order valence-electron chi connectivity index (χ1n) is 0. The van der Waals surface area contributed by atoms with Crippen LogP contribution in [0.15, 0.2) is 0 Å². The van der Waals surface area contributed by atoms with Crippen LogP contribution in [-0.2, 0) is 0 Å². The Balaban J connectivity index is 0. The molecule has 0 bridgehead atoms. The Morgan fingerprint density at radius 2 is 1.25 bits per heavy atom. The van der Waals surface area contributed by atoms with Gasteiger partial charge in [-0.3, -0.25) is 0 Å². The van der Waals surface area contributed by atoms with Crippen molar-refractivity contribution in [3.05, 3.63) is 0 Å². The molecule has 0 unspecified atom stereocenters. The molecule has 0 saturated heterocycles. The average Bonchev–Trinajstić information content (AvgIpc) is 0. The summed E-state index contributed by atoms with van der Waals surface area (Å²) in [4.78, 5) is 0. The molecular weight excluding hydrogens is 317 g/mol. The monoisotopic (exact) mass is 322 g/mol. The summed E-state index contributed by atoms with van der Waals surface area (Å²) in [5.41, 5.74) is 0. The average molecular weight is 323 g/mol. The van der Waals surface area contributed by atoms with Crippen LogP contribution in [0.5, 0.6) is 0 Å². The molecule has 0 nitrogen and oxygen atoms in total. The Bertz CT molecular complexity index is 14.9. The summed E-state index contributed by atoms with van der Waals surface area (Å²) in [6, 6.07) is 0. The van der Waals surface area contributed by atoms with Crippen molar-refractivity contribution in [1.82, 2.24) is 0 Å². The molecule has 0 heterocycles. The van der Waals surface area contributed by atoms with Gasteiger partial charge in [-0.25, -0.2) is 0 Å². The van der Waals surface area contributed by atoms with Crippen molar-refractivity contribution in [3.63, 3.8) is 0 Å². The summed E-state index contributed by atoms with van der Waals surface area (Å²) in [7, 11) is 0. The first-order chi connectivity index (χ1) is 0. The quantitative estimate of drug-likeness (QED) is 0.389. The van der Waals surface area contributed by atoms with Gasteiger partial charge in [0.25, 0.3) is 0 Å². The van der Waals surface area contributed by atoms with Crippen LogP contribution in [0.2, 0.25) is 0 Å². The summed E-state index contributed by atoms with van der Waals surface area (Å²) in [6.07, 6.45) is 0. The summed E-state index contributed by atoms with van der Waals surface area (Å²) in [5.74, 6) is 0. The molecule has 0 aromatic rings. The van der Waals surface area contributed by atoms with E-state index in [1.807, 2.05) is 0 Å². The van der Waals surface area contributed by atoms with Gasteiger partial charge >= 0.3 is 174 Å². The third kappa shape index (κ3) is 10.5. The maximum absolute atomic E-state index is 0. The second-order valence-corrected chi connectivity index (χ2v) is 0. The summed E-state index contributed by atoms with van der Waals surface area (Å²) in [6.45, 7) is 0. The molecule has 0 amide bonds. The second kappa shape index (κ2) is 15.8. The van der Waals surface area contributed by atoms with E-state index in [1.165, 1.54) is 0 Å². The Hall–Kier alpha value is 5.51. The molecule has 4 heteroatoms. The van der Waals surface area contributed by atoms with Crippen LogP contribution in [-0.4, -0.2) is 24.4 Å². The Morgan fingerprint density at radius 3 is 1.25 bits per heavy atom. The third-order valence-corrected chi connectivity index (χ3v) is 0. The van der Waals surface area contributed by atoms with Crippen LogP contribution in [0.4, 0.5) is 0 Å². The van der Waals surface area contributed by atoms with E-state index in [4.69, 9.17) is 0 Å². The minimum atomic E-state index is 0. The number of hydrogen-bond acceptors (Lipinski definition) is 0. The topological polar surface area (TPSA) is 0 Å². The van der Waals surface area contributed by atoms with E-state index in [9.17, 15) is 0 Å². The Labute approximate surface area is 172 Å². The number of hydrogen-bond donors (Lipinski definition) is 0. The van der Waals surface area contributed by atoms with Gasteiger partial charge in [-0.1, -0.05) is 0 Å². The third-order valence-electron chi connectivity index (χ3n) is 0. The summed E-state index contributed by atoms with van der Waals surface area (Å²) >= 11 is 0. The van der Waals surface area contributed by atoms with Crippen molar-refractivity contribution in [2.24, 2.45) is 0 Å². The van der Waals surface area contributed by atoms with Gasteiger partial charge < -0.3 is 4.28 Å². The molecule has 0 spiro atoms. The molecule has 4 heavy (non-hydrogen) atoms. The zero-order chi connectivity index (χ0) is 0. The van der Waals surface area contributed by atoms with E-state index in [0.29, 0.717) is 0 Å². The van der Waals surface area contributed by atoms with E-state index < -0.39 is 0 Å². The molecule has 0 radical (unpaired) electrons. The SMILES string of the molecule is [Cs+].[H-].[H-].[H-].[K+].[Na+].[SbH3]. The first kappa shape index (κ1) is 22.7. The maximum atomic E-state index is 0. The second-order valence-electron chi connectivity index (χ2n) is 0. The predicted molar refractivity (Wildman–Crippen MR) is 13.3 cm³/mol. The van der Waals surface area contributed by atoms with Gasteiger partial charge in [0.15, 0.2) is 0 Å². The van der Waals surface area contributed by atoms with Crippen LogP contribution in [0.1, 0.15) is 4.28 Å². The molecule has 0 aliphatic heterocycles. The Morgan fingerprint density at radius 1 is 1.25 bits per heavy atom. The molecule has 0 saturated carbocycles. The van der Waals surface area contributed by atoms with E-state index in [2.05, 4.69) is 0 Å². The van der Waals surface area contributed by atoms with Crippen molar-refractivity contribution < 1.29 is 154 Å². The van der Waals surface area contributed by atoms with Gasteiger partial charge in [-0.2, -0.15) is 0 Å². The molecule has 0 aromatic heterocycles. The van der Waals surface area contributed by atoms with Gasteiger partial charge in [-0.15, -0.1) is 0 Å². The van der Waals surface area contributed by atoms with E-state index in [0.717, 1.165) is 0 Å². The normalized spacial score (nSPS) is 0. The standard InChI is InChI=1S/Cs.K.Na.Sb.6H/q3*+1;;;;;3*-1. The van der Waals surface area contributed by atoms with Crippen molar-refractivity contribution >= 4 is 24.4 Å². The summed E-state index contributed by atoms with van der Waals surface area (Å²) < 4.78 is 0. The molecule has 0 aliphatic carbocycles. The molecule has 0 atom stereocenters. The van der Waals surface area contributed by atoms with Crippen LogP contribution in [0.3, 0.4) is 0 Å². The summed E-state index contributed by atoms with van der Waals surface area (Å²) in [5, 5.41) is 0. The van der Waals surface area contributed by atoms with Gasteiger partial charge in [0, 0.05) is 0 Å². The van der Waals surface area contributed by atoms with E-state index in [1.54, 1.807) is 0 Å². The molecule has 0 N–H and O–H groups in total. The van der Waals surface area contributed by atoms with Crippen LogP contribution in [0, 0.1) is 0 Å². The first-order valence-corrected chi connectivity index (χ1v) is 0. The molecule has 0 fully saturated rings. The zero-order valence-corrected chi connectivity index (χ0v) is 19.1. The number of rotatable bonds is 0. The van der Waals surface area contributed by atoms with Crippen molar-refractivity contribution in [1.29, 1.82) is 0 Å². The molecule has 0 aliphatic rings. The van der Waals surface area contributed by atoms with Gasteiger partial charge in [0.1, 0.15) is 0 Å². The van der Waals surface area contributed by atoms with Crippen LogP contribution < -0.4 is 150 Å². The molecule has 14 valence electrons. The molecular formula is H6CsKNaSb. The fourth-order valence-corrected chi connectivity index (χ4v) is 0. The van der Waals surface area contributed by atoms with Crippen LogP contribution >= 0.6 is 0 Å². The van der Waals surface area contributed by atoms with Crippen LogP contribution in [0.25, 0.3) is 0 Å². The van der Waals surface area contributed by atoms with Crippen molar-refractivity contribution in [3.8, 4) is 0 Å². The fourth-order valence-electron chi connectivity index (χ4n) is 0. The van der Waals surface area contributed by atoms with Gasteiger partial charge in [0.05, 0.1) is 0 Å². The van der Waals surface area contributed by atoms with Crippen molar-refractivity contribution in [2.75, 3.05) is 0 Å². The predicted octanol–water partition coefficient (Wildman–Crippen LogP) is -9.83. The fraction of sp³-hybridized carbons (Fsp3) is 0. The van der Waals surface area contributed by atoms with E-state index >= 15 is 0 Å². The zero-order valence-electron chi connectivity index (χ0n) is 6.71.